The molecular weight excluding hydrogens is 336 g/mol. The molecule has 2 aromatic rings. The van der Waals surface area contributed by atoms with Crippen molar-refractivity contribution >= 4 is 21.7 Å². The van der Waals surface area contributed by atoms with Crippen LogP contribution in [0.25, 0.3) is 0 Å². The van der Waals surface area contributed by atoms with Gasteiger partial charge in [-0.2, -0.15) is 0 Å². The Morgan fingerprint density at radius 3 is 2.62 bits per heavy atom. The number of carboxylic acid groups (broad SMARTS) is 1. The minimum absolute atomic E-state index is 0.0821. The fourth-order valence-electron chi connectivity index (χ4n) is 2.10. The normalized spacial score (nSPS) is 11.1. The molecule has 0 aliphatic heterocycles. The second kappa shape index (κ2) is 6.75. The van der Waals surface area contributed by atoms with Gasteiger partial charge in [-0.1, -0.05) is 6.07 Å². The van der Waals surface area contributed by atoms with Gasteiger partial charge in [0.05, 0.1) is 19.2 Å². The number of aromatic nitrogens is 1. The van der Waals surface area contributed by atoms with Gasteiger partial charge >= 0.3 is 5.97 Å². The summed E-state index contributed by atoms with van der Waals surface area (Å²) in [6.07, 6.45) is 0.937. The van der Waals surface area contributed by atoms with Crippen molar-refractivity contribution in [2.24, 2.45) is 0 Å². The topological polar surface area (TPSA) is 126 Å². The second-order valence-electron chi connectivity index (χ2n) is 5.06. The summed E-state index contributed by atoms with van der Waals surface area (Å²) in [5.74, 6) is -0.994. The summed E-state index contributed by atoms with van der Waals surface area (Å²) in [6.45, 7) is 1.59. The summed E-state index contributed by atoms with van der Waals surface area (Å²) in [7, 11) is -2.72. The van der Waals surface area contributed by atoms with Crippen LogP contribution in [0.2, 0.25) is 0 Å². The molecule has 0 amide bonds. The molecule has 1 aromatic carbocycles. The van der Waals surface area contributed by atoms with Crippen LogP contribution in [0.1, 0.15) is 11.1 Å². The van der Waals surface area contributed by atoms with E-state index in [9.17, 15) is 18.0 Å². The van der Waals surface area contributed by atoms with Crippen molar-refractivity contribution in [1.29, 1.82) is 0 Å². The third-order valence-corrected chi connectivity index (χ3v) is 4.64. The molecule has 0 aliphatic carbocycles. The maximum atomic E-state index is 12.6. The number of carboxylic acids is 1. The van der Waals surface area contributed by atoms with E-state index in [2.05, 4.69) is 9.71 Å². The van der Waals surface area contributed by atoms with Crippen LogP contribution in [0, 0.1) is 6.92 Å². The second-order valence-corrected chi connectivity index (χ2v) is 6.71. The Morgan fingerprint density at radius 2 is 2.04 bits per heavy atom. The molecule has 0 bridgehead atoms. The van der Waals surface area contributed by atoms with Crippen molar-refractivity contribution in [3.63, 3.8) is 0 Å². The third-order valence-electron chi connectivity index (χ3n) is 3.25. The van der Waals surface area contributed by atoms with Crippen LogP contribution in [0.15, 0.2) is 40.2 Å². The van der Waals surface area contributed by atoms with Crippen molar-refractivity contribution in [2.75, 3.05) is 11.8 Å². The van der Waals surface area contributed by atoms with Crippen molar-refractivity contribution in [3.8, 4) is 5.75 Å². The monoisotopic (exact) mass is 352 g/mol. The molecule has 0 fully saturated rings. The van der Waals surface area contributed by atoms with E-state index in [-0.39, 0.29) is 28.3 Å². The van der Waals surface area contributed by atoms with Crippen LogP contribution in [-0.4, -0.2) is 31.6 Å². The average Bonchev–Trinajstić information content (AvgIpc) is 2.49. The van der Waals surface area contributed by atoms with E-state index < -0.39 is 16.0 Å². The number of pyridine rings is 1. The number of benzene rings is 1. The quantitative estimate of drug-likeness (QED) is 0.715. The smallest absolute Gasteiger partial charge is 0.307 e. The highest BCUT2D eigenvalue weighted by Crippen LogP contribution is 2.27. The SMILES string of the molecule is COc1ccc(CC(=O)O)cc1S(=O)(=O)Nc1c[nH]c(=O)cc1C. The fraction of sp³-hybridized carbons (Fsp3) is 0.200. The molecular formula is C15H16N2O6S. The maximum Gasteiger partial charge on any atom is 0.307 e. The molecule has 0 radical (unpaired) electrons. The lowest BCUT2D eigenvalue weighted by molar-refractivity contribution is -0.136. The van der Waals surface area contributed by atoms with E-state index in [4.69, 9.17) is 9.84 Å². The number of rotatable bonds is 6. The van der Waals surface area contributed by atoms with Crippen LogP contribution in [0.5, 0.6) is 5.75 Å². The molecule has 0 unspecified atom stereocenters. The van der Waals surface area contributed by atoms with Crippen molar-refractivity contribution in [1.82, 2.24) is 4.98 Å². The molecule has 24 heavy (non-hydrogen) atoms. The van der Waals surface area contributed by atoms with Crippen molar-refractivity contribution in [2.45, 2.75) is 18.2 Å². The number of nitrogens with one attached hydrogen (secondary N) is 2. The molecule has 1 aromatic heterocycles. The summed E-state index contributed by atoms with van der Waals surface area (Å²) in [4.78, 5) is 24.2. The Balaban J connectivity index is 2.47. The lowest BCUT2D eigenvalue weighted by Gasteiger charge is -2.13. The highest BCUT2D eigenvalue weighted by Gasteiger charge is 2.21. The zero-order valence-corrected chi connectivity index (χ0v) is 13.8. The van der Waals surface area contributed by atoms with Crippen LogP contribution in [0.3, 0.4) is 0 Å². The van der Waals surface area contributed by atoms with E-state index >= 15 is 0 Å². The average molecular weight is 352 g/mol. The number of ether oxygens (including phenoxy) is 1. The molecule has 3 N–H and O–H groups in total. The number of aryl methyl sites for hydroxylation is 1. The number of carbonyl (C=O) groups is 1. The molecule has 0 atom stereocenters. The van der Waals surface area contributed by atoms with E-state index in [0.29, 0.717) is 11.1 Å². The van der Waals surface area contributed by atoms with E-state index in [1.165, 1.54) is 37.6 Å². The number of sulfonamides is 1. The van der Waals surface area contributed by atoms with E-state index in [0.717, 1.165) is 0 Å². The van der Waals surface area contributed by atoms with Gasteiger partial charge in [0.1, 0.15) is 10.6 Å². The summed E-state index contributed by atoms with van der Waals surface area (Å²) in [6, 6.07) is 5.38. The maximum absolute atomic E-state index is 12.6. The van der Waals surface area contributed by atoms with Crippen molar-refractivity contribution < 1.29 is 23.1 Å². The highest BCUT2D eigenvalue weighted by atomic mass is 32.2. The fourth-order valence-corrected chi connectivity index (χ4v) is 3.44. The first-order chi connectivity index (χ1) is 11.2. The van der Waals surface area contributed by atoms with Gasteiger partial charge in [-0.3, -0.25) is 14.3 Å². The number of methoxy groups -OCH3 is 1. The lowest BCUT2D eigenvalue weighted by atomic mass is 10.1. The Bertz CT molecular complexity index is 933. The number of hydrogen-bond donors (Lipinski definition) is 3. The molecule has 1 heterocycles. The zero-order chi connectivity index (χ0) is 17.9. The molecule has 2 rings (SSSR count). The van der Waals surface area contributed by atoms with Crippen LogP contribution in [0.4, 0.5) is 5.69 Å². The summed E-state index contributed by atoms with van der Waals surface area (Å²) < 4.78 is 32.7. The summed E-state index contributed by atoms with van der Waals surface area (Å²) >= 11 is 0. The predicted molar refractivity (Wildman–Crippen MR) is 86.9 cm³/mol. The molecule has 0 aliphatic rings. The van der Waals surface area contributed by atoms with Gasteiger partial charge in [0.15, 0.2) is 0 Å². The number of anilines is 1. The molecule has 0 saturated heterocycles. The molecule has 128 valence electrons. The van der Waals surface area contributed by atoms with Gasteiger partial charge < -0.3 is 14.8 Å². The number of hydrogen-bond acceptors (Lipinski definition) is 5. The Kier molecular flexibility index (Phi) is 4.93. The molecule has 8 nitrogen and oxygen atoms in total. The van der Waals surface area contributed by atoms with E-state index in [1.807, 2.05) is 0 Å². The molecule has 0 spiro atoms. The van der Waals surface area contributed by atoms with Gasteiger partial charge in [-0.15, -0.1) is 0 Å². The summed E-state index contributed by atoms with van der Waals surface area (Å²) in [5, 5.41) is 8.85. The highest BCUT2D eigenvalue weighted by molar-refractivity contribution is 7.92. The zero-order valence-electron chi connectivity index (χ0n) is 13.0. The lowest BCUT2D eigenvalue weighted by Crippen LogP contribution is -2.17. The first-order valence-corrected chi connectivity index (χ1v) is 8.32. The van der Waals surface area contributed by atoms with Gasteiger partial charge in [0, 0.05) is 12.3 Å². The Labute approximate surface area is 138 Å². The van der Waals surface area contributed by atoms with Crippen LogP contribution in [-0.2, 0) is 21.2 Å². The molecule has 0 saturated carbocycles. The largest absolute Gasteiger partial charge is 0.495 e. The number of H-pyrrole nitrogens is 1. The first-order valence-electron chi connectivity index (χ1n) is 6.84. The van der Waals surface area contributed by atoms with Crippen LogP contribution >= 0.6 is 0 Å². The van der Waals surface area contributed by atoms with E-state index in [1.54, 1.807) is 6.92 Å². The standard InChI is InChI=1S/C15H16N2O6S/c1-9-5-14(18)16-8-11(9)17-24(21,22)13-6-10(7-15(19)20)3-4-12(13)23-2/h3-6,8,17H,7H2,1-2H3,(H,16,18)(H,19,20). The number of aliphatic carboxylic acids is 1. The number of aromatic amines is 1. The van der Waals surface area contributed by atoms with Gasteiger partial charge in [0.2, 0.25) is 5.56 Å². The minimum Gasteiger partial charge on any atom is -0.495 e. The third kappa shape index (κ3) is 3.93. The van der Waals surface area contributed by atoms with Crippen molar-refractivity contribution in [3.05, 3.63) is 51.9 Å². The minimum atomic E-state index is -4.04. The van der Waals surface area contributed by atoms with Crippen LogP contribution < -0.4 is 15.0 Å². The first kappa shape index (κ1) is 17.5. The Morgan fingerprint density at radius 1 is 1.33 bits per heavy atom. The van der Waals surface area contributed by atoms with Gasteiger partial charge in [-0.25, -0.2) is 8.42 Å². The molecule has 9 heteroatoms. The predicted octanol–water partition coefficient (Wildman–Crippen LogP) is 1.12. The van der Waals surface area contributed by atoms with Gasteiger partial charge in [0.25, 0.3) is 10.0 Å². The van der Waals surface area contributed by atoms with Gasteiger partial charge in [-0.05, 0) is 30.2 Å². The summed E-state index contributed by atoms with van der Waals surface area (Å²) in [5.41, 5.74) is 0.627. The Hall–Kier alpha value is -2.81.